The highest BCUT2D eigenvalue weighted by Gasteiger charge is 2.32. The van der Waals surface area contributed by atoms with E-state index in [1.165, 1.54) is 6.42 Å². The number of rotatable bonds is 5. The van der Waals surface area contributed by atoms with Crippen molar-refractivity contribution in [3.8, 4) is 0 Å². The molecule has 2 fully saturated rings. The average Bonchev–Trinajstić information content (AvgIpc) is 3.10. The number of nitrogens with one attached hydrogen (secondary N) is 1. The van der Waals surface area contributed by atoms with Crippen LogP contribution in [0.3, 0.4) is 0 Å². The van der Waals surface area contributed by atoms with Crippen LogP contribution >= 0.6 is 0 Å². The van der Waals surface area contributed by atoms with Gasteiger partial charge in [0.05, 0.1) is 5.92 Å². The summed E-state index contributed by atoms with van der Waals surface area (Å²) in [7, 11) is 0. The Balaban J connectivity index is 1.86. The van der Waals surface area contributed by atoms with Gasteiger partial charge in [-0.2, -0.15) is 0 Å². The molecule has 0 aromatic rings. The molecular weight excluding hydrogens is 218 g/mol. The first-order valence-electron chi connectivity index (χ1n) is 6.69. The number of carbonyl (C=O) groups excluding carboxylic acids is 1. The number of carboxylic acids is 1. The quantitative estimate of drug-likeness (QED) is 0.770. The number of aliphatic carboxylic acids is 1. The van der Waals surface area contributed by atoms with Crippen LogP contribution in [0.5, 0.6) is 0 Å². The smallest absolute Gasteiger partial charge is 0.307 e. The lowest BCUT2D eigenvalue weighted by molar-refractivity contribution is -0.146. The van der Waals surface area contributed by atoms with Gasteiger partial charge in [-0.05, 0) is 31.6 Å². The highest BCUT2D eigenvalue weighted by atomic mass is 16.4. The highest BCUT2D eigenvalue weighted by molar-refractivity contribution is 5.82. The summed E-state index contributed by atoms with van der Waals surface area (Å²) in [6.45, 7) is 0. The van der Waals surface area contributed by atoms with Crippen molar-refractivity contribution in [2.75, 3.05) is 0 Å². The lowest BCUT2D eigenvalue weighted by Crippen LogP contribution is -2.33. The maximum Gasteiger partial charge on any atom is 0.307 e. The van der Waals surface area contributed by atoms with Gasteiger partial charge in [-0.1, -0.05) is 19.3 Å². The number of amides is 1. The molecule has 0 radical (unpaired) electrons. The van der Waals surface area contributed by atoms with Crippen LogP contribution in [0.2, 0.25) is 0 Å². The summed E-state index contributed by atoms with van der Waals surface area (Å²) in [4.78, 5) is 22.9. The Morgan fingerprint density at radius 3 is 2.29 bits per heavy atom. The topological polar surface area (TPSA) is 66.4 Å². The summed E-state index contributed by atoms with van der Waals surface area (Å²) in [5, 5.41) is 12.1. The molecule has 2 N–H and O–H groups in total. The zero-order valence-electron chi connectivity index (χ0n) is 10.2. The minimum atomic E-state index is -0.803. The summed E-state index contributed by atoms with van der Waals surface area (Å²) in [6.07, 6.45) is 7.62. The molecule has 0 aromatic carbocycles. The summed E-state index contributed by atoms with van der Waals surface area (Å²) >= 11 is 0. The van der Waals surface area contributed by atoms with Crippen molar-refractivity contribution in [1.29, 1.82) is 0 Å². The molecule has 96 valence electrons. The van der Waals surface area contributed by atoms with E-state index >= 15 is 0 Å². The van der Waals surface area contributed by atoms with Crippen LogP contribution in [0.4, 0.5) is 0 Å². The Hall–Kier alpha value is -1.06. The molecule has 1 unspecified atom stereocenters. The van der Waals surface area contributed by atoms with Gasteiger partial charge in [0.2, 0.25) is 5.91 Å². The molecule has 0 aromatic heterocycles. The predicted molar refractivity (Wildman–Crippen MR) is 63.5 cm³/mol. The Kier molecular flexibility index (Phi) is 4.02. The lowest BCUT2D eigenvalue weighted by Gasteiger charge is -2.27. The van der Waals surface area contributed by atoms with Crippen LogP contribution in [0, 0.1) is 11.8 Å². The molecule has 1 amide bonds. The van der Waals surface area contributed by atoms with E-state index in [4.69, 9.17) is 0 Å². The first-order valence-corrected chi connectivity index (χ1v) is 6.69. The van der Waals surface area contributed by atoms with Gasteiger partial charge in [0.25, 0.3) is 0 Å². The third kappa shape index (κ3) is 3.72. The standard InChI is InChI=1S/C13H21NO3/c15-12(14-10-6-7-10)8-11(13(16)17)9-4-2-1-3-5-9/h9-11H,1-8H2,(H,14,15)(H,16,17). The van der Waals surface area contributed by atoms with E-state index in [-0.39, 0.29) is 18.2 Å². The van der Waals surface area contributed by atoms with Crippen molar-refractivity contribution in [3.05, 3.63) is 0 Å². The van der Waals surface area contributed by atoms with Gasteiger partial charge in [-0.3, -0.25) is 9.59 Å². The molecule has 0 saturated heterocycles. The van der Waals surface area contributed by atoms with Crippen molar-refractivity contribution < 1.29 is 14.7 Å². The van der Waals surface area contributed by atoms with E-state index in [9.17, 15) is 14.7 Å². The summed E-state index contributed by atoms with van der Waals surface area (Å²) in [5.74, 6) is -1.16. The van der Waals surface area contributed by atoms with Crippen LogP contribution in [-0.4, -0.2) is 23.0 Å². The molecule has 0 spiro atoms. The molecule has 2 rings (SSSR count). The van der Waals surface area contributed by atoms with Gasteiger partial charge < -0.3 is 10.4 Å². The first kappa shape index (κ1) is 12.4. The third-order valence-corrected chi connectivity index (χ3v) is 3.88. The van der Waals surface area contributed by atoms with Gasteiger partial charge in [0, 0.05) is 12.5 Å². The number of hydrogen-bond donors (Lipinski definition) is 2. The first-order chi connectivity index (χ1) is 8.16. The number of carboxylic acid groups (broad SMARTS) is 1. The maximum absolute atomic E-state index is 11.7. The second kappa shape index (κ2) is 5.52. The minimum Gasteiger partial charge on any atom is -0.481 e. The number of hydrogen-bond acceptors (Lipinski definition) is 2. The fourth-order valence-corrected chi connectivity index (χ4v) is 2.71. The molecule has 2 aliphatic rings. The largest absolute Gasteiger partial charge is 0.481 e. The highest BCUT2D eigenvalue weighted by Crippen LogP contribution is 2.32. The van der Waals surface area contributed by atoms with Crippen molar-refractivity contribution in [2.24, 2.45) is 11.8 Å². The molecule has 17 heavy (non-hydrogen) atoms. The lowest BCUT2D eigenvalue weighted by atomic mass is 9.78. The van der Waals surface area contributed by atoms with Gasteiger partial charge in [0.15, 0.2) is 0 Å². The van der Waals surface area contributed by atoms with Gasteiger partial charge >= 0.3 is 5.97 Å². The van der Waals surface area contributed by atoms with E-state index in [0.29, 0.717) is 6.04 Å². The van der Waals surface area contributed by atoms with E-state index in [1.807, 2.05) is 0 Å². The van der Waals surface area contributed by atoms with Crippen molar-refractivity contribution in [3.63, 3.8) is 0 Å². The Morgan fingerprint density at radius 1 is 1.12 bits per heavy atom. The third-order valence-electron chi connectivity index (χ3n) is 3.88. The van der Waals surface area contributed by atoms with E-state index in [2.05, 4.69) is 5.32 Å². The predicted octanol–water partition coefficient (Wildman–Crippen LogP) is 1.94. The molecule has 4 heteroatoms. The maximum atomic E-state index is 11.7. The SMILES string of the molecule is O=C(CC(C(=O)O)C1CCCCC1)NC1CC1. The Morgan fingerprint density at radius 2 is 1.76 bits per heavy atom. The zero-order valence-corrected chi connectivity index (χ0v) is 10.2. The van der Waals surface area contributed by atoms with Crippen LogP contribution in [0.1, 0.15) is 51.4 Å². The molecule has 4 nitrogen and oxygen atoms in total. The molecular formula is C13H21NO3. The fraction of sp³-hybridized carbons (Fsp3) is 0.846. The summed E-state index contributed by atoms with van der Waals surface area (Å²) in [5.41, 5.74) is 0. The van der Waals surface area contributed by atoms with Crippen molar-refractivity contribution in [2.45, 2.75) is 57.4 Å². The normalized spacial score (nSPS) is 23.1. The van der Waals surface area contributed by atoms with Gasteiger partial charge in [0.1, 0.15) is 0 Å². The van der Waals surface area contributed by atoms with Gasteiger partial charge in [-0.15, -0.1) is 0 Å². The molecule has 0 aliphatic heterocycles. The van der Waals surface area contributed by atoms with Crippen LogP contribution in [0.25, 0.3) is 0 Å². The van der Waals surface area contributed by atoms with E-state index < -0.39 is 11.9 Å². The molecule has 1 atom stereocenters. The second-order valence-corrected chi connectivity index (χ2v) is 5.39. The molecule has 0 heterocycles. The molecule has 2 aliphatic carbocycles. The monoisotopic (exact) mass is 239 g/mol. The molecule has 2 saturated carbocycles. The van der Waals surface area contributed by atoms with Crippen LogP contribution < -0.4 is 5.32 Å². The zero-order chi connectivity index (χ0) is 12.3. The average molecular weight is 239 g/mol. The van der Waals surface area contributed by atoms with Crippen LogP contribution in [0.15, 0.2) is 0 Å². The molecule has 0 bridgehead atoms. The summed E-state index contributed by atoms with van der Waals surface area (Å²) in [6, 6.07) is 0.323. The van der Waals surface area contributed by atoms with Crippen molar-refractivity contribution in [1.82, 2.24) is 5.32 Å². The summed E-state index contributed by atoms with van der Waals surface area (Å²) < 4.78 is 0. The Labute approximate surface area is 102 Å². The van der Waals surface area contributed by atoms with Crippen LogP contribution in [-0.2, 0) is 9.59 Å². The van der Waals surface area contributed by atoms with Gasteiger partial charge in [-0.25, -0.2) is 0 Å². The van der Waals surface area contributed by atoms with E-state index in [1.54, 1.807) is 0 Å². The van der Waals surface area contributed by atoms with Crippen molar-refractivity contribution >= 4 is 11.9 Å². The number of carbonyl (C=O) groups is 2. The minimum absolute atomic E-state index is 0.0783. The fourth-order valence-electron chi connectivity index (χ4n) is 2.71. The van der Waals surface area contributed by atoms with E-state index in [0.717, 1.165) is 38.5 Å². The second-order valence-electron chi connectivity index (χ2n) is 5.39. The Bertz CT molecular complexity index is 293.